The molecule has 1 aromatic heterocycles. The summed E-state index contributed by atoms with van der Waals surface area (Å²) in [4.78, 5) is 12.6. The first-order valence-corrected chi connectivity index (χ1v) is 11.2. The van der Waals surface area contributed by atoms with Gasteiger partial charge < -0.3 is 14.2 Å². The second-order valence-electron chi connectivity index (χ2n) is 6.81. The highest BCUT2D eigenvalue weighted by Gasteiger charge is 2.31. The summed E-state index contributed by atoms with van der Waals surface area (Å²) >= 11 is 10.6. The smallest absolute Gasteiger partial charge is 0.357 e. The van der Waals surface area contributed by atoms with Crippen molar-refractivity contribution in [2.24, 2.45) is 0 Å². The number of carbonyl (C=O) groups is 1. The Bertz CT molecular complexity index is 1220. The van der Waals surface area contributed by atoms with E-state index in [4.69, 9.17) is 23.2 Å². The topological polar surface area (TPSA) is 65.3 Å². The van der Waals surface area contributed by atoms with Crippen molar-refractivity contribution in [3.63, 3.8) is 0 Å². The third kappa shape index (κ3) is 4.07. The molecule has 0 fully saturated rings. The number of aromatic carboxylic acids is 1. The molecule has 0 radical (unpaired) electrons. The molecule has 0 spiro atoms. The molecular weight excluding hydrogens is 441 g/mol. The van der Waals surface area contributed by atoms with Gasteiger partial charge in [-0.2, -0.15) is 0 Å². The van der Waals surface area contributed by atoms with Gasteiger partial charge in [-0.25, -0.2) is 4.79 Å². The van der Waals surface area contributed by atoms with Crippen LogP contribution in [0, 0.1) is 0 Å². The third-order valence-electron chi connectivity index (χ3n) is 4.82. The number of halogens is 2. The van der Waals surface area contributed by atoms with Crippen LogP contribution < -0.4 is 0 Å². The number of aromatic nitrogens is 1. The fourth-order valence-corrected chi connectivity index (χ4v) is 5.29. The molecule has 3 aromatic carbocycles. The fraction of sp³-hybridized carbons (Fsp3) is 0.0870. The molecule has 4 aromatic rings. The highest BCUT2D eigenvalue weighted by Crippen LogP contribution is 2.34. The van der Waals surface area contributed by atoms with Gasteiger partial charge in [-0.05, 0) is 41.0 Å². The van der Waals surface area contributed by atoms with Crippen molar-refractivity contribution in [2.45, 2.75) is 17.2 Å². The molecule has 0 aliphatic rings. The monoisotopic (exact) mass is 457 g/mol. The van der Waals surface area contributed by atoms with Crippen LogP contribution in [-0.4, -0.2) is 20.2 Å². The van der Waals surface area contributed by atoms with E-state index in [-0.39, 0.29) is 18.0 Å². The Morgan fingerprint density at radius 3 is 2.33 bits per heavy atom. The number of carboxylic acids is 1. The minimum absolute atomic E-state index is 0.0246. The van der Waals surface area contributed by atoms with E-state index in [9.17, 15) is 14.5 Å². The molecule has 152 valence electrons. The van der Waals surface area contributed by atoms with Gasteiger partial charge in [-0.15, -0.1) is 0 Å². The summed E-state index contributed by atoms with van der Waals surface area (Å²) in [5.74, 6) is -0.885. The van der Waals surface area contributed by atoms with Crippen LogP contribution >= 0.6 is 23.2 Å². The lowest BCUT2D eigenvalue weighted by atomic mass is 10.2. The molecule has 0 saturated heterocycles. The number of hydrogen-bond acceptors (Lipinski definition) is 2. The van der Waals surface area contributed by atoms with Gasteiger partial charge in [0.25, 0.3) is 0 Å². The number of fused-ring (bicyclic) bond motifs is 1. The Labute approximate surface area is 186 Å². The third-order valence-corrected chi connectivity index (χ3v) is 7.02. The Morgan fingerprint density at radius 2 is 1.63 bits per heavy atom. The van der Waals surface area contributed by atoms with E-state index in [1.807, 2.05) is 54.6 Å². The van der Waals surface area contributed by atoms with Gasteiger partial charge in [-0.1, -0.05) is 71.7 Å². The molecule has 1 atom stereocenters. The summed E-state index contributed by atoms with van der Waals surface area (Å²) in [5, 5.41) is 11.5. The standard InChI is InChI=1S/C23H17Cl2NO3S/c24-18-11-10-16(12-19(18)25)13-26-20-9-5-4-8-17(20)22(21(26)23(27)28)30(29)14-15-6-2-1-3-7-15/h1-12H,13-14H2,(H,27,28). The molecule has 7 heteroatoms. The maximum absolute atomic E-state index is 13.3. The van der Waals surface area contributed by atoms with Crippen LogP contribution in [0.4, 0.5) is 0 Å². The lowest BCUT2D eigenvalue weighted by Crippen LogP contribution is -2.15. The molecular formula is C23H17Cl2NO3S. The van der Waals surface area contributed by atoms with Crippen LogP contribution in [0.15, 0.2) is 77.7 Å². The Hall–Kier alpha value is -2.44. The zero-order chi connectivity index (χ0) is 21.3. The normalized spacial score (nSPS) is 12.2. The molecule has 30 heavy (non-hydrogen) atoms. The molecule has 1 N–H and O–H groups in total. The van der Waals surface area contributed by atoms with Gasteiger partial charge in [0, 0.05) is 12.1 Å². The zero-order valence-electron chi connectivity index (χ0n) is 15.7. The molecule has 0 aliphatic heterocycles. The van der Waals surface area contributed by atoms with E-state index in [1.165, 1.54) is 0 Å². The maximum Gasteiger partial charge on any atom is 0.357 e. The van der Waals surface area contributed by atoms with Crippen LogP contribution in [0.1, 0.15) is 21.6 Å². The number of para-hydroxylation sites is 1. The van der Waals surface area contributed by atoms with Gasteiger partial charge in [0.05, 0.1) is 20.9 Å². The van der Waals surface area contributed by atoms with Crippen molar-refractivity contribution in [1.29, 1.82) is 0 Å². The SMILES string of the molecule is O=C(O)c1c([S+]([O-])Cc2ccccc2)c2ccccc2n1Cc1ccc(Cl)c(Cl)c1. The Morgan fingerprint density at radius 1 is 0.933 bits per heavy atom. The minimum Gasteiger partial charge on any atom is -0.611 e. The van der Waals surface area contributed by atoms with Gasteiger partial charge >= 0.3 is 5.97 Å². The molecule has 4 nitrogen and oxygen atoms in total. The van der Waals surface area contributed by atoms with Gasteiger partial charge in [0.2, 0.25) is 0 Å². The minimum atomic E-state index is -1.54. The summed E-state index contributed by atoms with van der Waals surface area (Å²) in [6, 6.07) is 21.9. The number of carboxylic acid groups (broad SMARTS) is 1. The van der Waals surface area contributed by atoms with Crippen molar-refractivity contribution in [3.8, 4) is 0 Å². The average Bonchev–Trinajstić information content (AvgIpc) is 3.06. The summed E-state index contributed by atoms with van der Waals surface area (Å²) in [5.41, 5.74) is 2.41. The van der Waals surface area contributed by atoms with Crippen LogP contribution in [0.25, 0.3) is 10.9 Å². The lowest BCUT2D eigenvalue weighted by molar-refractivity contribution is 0.0682. The summed E-state index contributed by atoms with van der Waals surface area (Å²) in [7, 11) is 0. The first-order chi connectivity index (χ1) is 14.5. The molecule has 4 rings (SSSR count). The first-order valence-electron chi connectivity index (χ1n) is 9.16. The largest absolute Gasteiger partial charge is 0.611 e. The number of benzene rings is 3. The second kappa shape index (κ2) is 8.74. The predicted octanol–water partition coefficient (Wildman–Crippen LogP) is 6.00. The number of hydrogen-bond donors (Lipinski definition) is 1. The van der Waals surface area contributed by atoms with Gasteiger partial charge in [0.15, 0.2) is 10.6 Å². The van der Waals surface area contributed by atoms with Crippen LogP contribution in [0.5, 0.6) is 0 Å². The predicted molar refractivity (Wildman–Crippen MR) is 121 cm³/mol. The molecule has 1 unspecified atom stereocenters. The van der Waals surface area contributed by atoms with Crippen molar-refractivity contribution < 1.29 is 14.5 Å². The van der Waals surface area contributed by atoms with Crippen LogP contribution in [-0.2, 0) is 23.5 Å². The van der Waals surface area contributed by atoms with Crippen LogP contribution in [0.3, 0.4) is 0 Å². The molecule has 1 heterocycles. The van der Waals surface area contributed by atoms with Gasteiger partial charge in [-0.3, -0.25) is 0 Å². The van der Waals surface area contributed by atoms with Crippen molar-refractivity contribution in [1.82, 2.24) is 4.57 Å². The van der Waals surface area contributed by atoms with Gasteiger partial charge in [0.1, 0.15) is 5.75 Å². The Balaban J connectivity index is 1.85. The van der Waals surface area contributed by atoms with E-state index in [1.54, 1.807) is 22.8 Å². The summed E-state index contributed by atoms with van der Waals surface area (Å²) in [6.07, 6.45) is 0. The van der Waals surface area contributed by atoms with E-state index in [0.717, 1.165) is 11.1 Å². The number of nitrogens with zero attached hydrogens (tertiary/aromatic N) is 1. The maximum atomic E-state index is 13.3. The second-order valence-corrected chi connectivity index (χ2v) is 9.01. The Kier molecular flexibility index (Phi) is 6.06. The highest BCUT2D eigenvalue weighted by molar-refractivity contribution is 7.91. The van der Waals surface area contributed by atoms with Crippen LogP contribution in [0.2, 0.25) is 10.0 Å². The van der Waals surface area contributed by atoms with E-state index >= 15 is 0 Å². The number of rotatable bonds is 6. The summed E-state index contributed by atoms with van der Waals surface area (Å²) in [6.45, 7) is 0.265. The molecule has 0 saturated carbocycles. The average molecular weight is 458 g/mol. The molecule has 0 bridgehead atoms. The van der Waals surface area contributed by atoms with Crippen molar-refractivity contribution in [2.75, 3.05) is 0 Å². The fourth-order valence-electron chi connectivity index (χ4n) is 3.50. The molecule has 0 aliphatic carbocycles. The lowest BCUT2D eigenvalue weighted by Gasteiger charge is -2.12. The quantitative estimate of drug-likeness (QED) is 0.361. The summed E-state index contributed by atoms with van der Waals surface area (Å²) < 4.78 is 15.0. The van der Waals surface area contributed by atoms with E-state index in [0.29, 0.717) is 25.8 Å². The first kappa shape index (κ1) is 20.8. The van der Waals surface area contributed by atoms with E-state index in [2.05, 4.69) is 0 Å². The van der Waals surface area contributed by atoms with Crippen molar-refractivity contribution in [3.05, 3.63) is 99.7 Å². The molecule has 0 amide bonds. The van der Waals surface area contributed by atoms with E-state index < -0.39 is 17.1 Å². The zero-order valence-corrected chi connectivity index (χ0v) is 18.0. The van der Waals surface area contributed by atoms with Crippen molar-refractivity contribution >= 4 is 51.2 Å². The highest BCUT2D eigenvalue weighted by atomic mass is 35.5.